The number of carbonyl (C=O) groups is 2. The highest BCUT2D eigenvalue weighted by atomic mass is 19.1. The van der Waals surface area contributed by atoms with Crippen LogP contribution in [0.25, 0.3) is 0 Å². The van der Waals surface area contributed by atoms with E-state index in [1.54, 1.807) is 12.1 Å². The zero-order valence-electron chi connectivity index (χ0n) is 11.6. The summed E-state index contributed by atoms with van der Waals surface area (Å²) >= 11 is 0. The average molecular weight is 296 g/mol. The molecule has 21 heavy (non-hydrogen) atoms. The first-order valence-electron chi connectivity index (χ1n) is 6.55. The third-order valence-electron chi connectivity index (χ3n) is 3.45. The number of carboxylic acids is 1. The van der Waals surface area contributed by atoms with Crippen molar-refractivity contribution >= 4 is 12.0 Å². The molecule has 0 aliphatic carbocycles. The first-order chi connectivity index (χ1) is 9.88. The van der Waals surface area contributed by atoms with E-state index in [1.807, 2.05) is 0 Å². The molecule has 0 spiro atoms. The molecule has 2 N–H and O–H groups in total. The third-order valence-corrected chi connectivity index (χ3v) is 3.45. The number of nitrogens with zero attached hydrogens (tertiary/aromatic N) is 2. The number of carboxylic acid groups (broad SMARTS) is 1. The molecular weight excluding hydrogens is 279 g/mol. The second kappa shape index (κ2) is 6.09. The summed E-state index contributed by atoms with van der Waals surface area (Å²) in [7, 11) is 1.51. The summed E-state index contributed by atoms with van der Waals surface area (Å²) in [6, 6.07) is 4.33. The molecule has 0 saturated carbocycles. The van der Waals surface area contributed by atoms with Crippen molar-refractivity contribution in [2.75, 3.05) is 13.6 Å². The molecule has 1 aromatic carbocycles. The van der Waals surface area contributed by atoms with E-state index in [1.165, 1.54) is 24.1 Å². The predicted octanol–water partition coefficient (Wildman–Crippen LogP) is 0.897. The molecule has 6 nitrogen and oxygen atoms in total. The number of benzene rings is 1. The Morgan fingerprint density at radius 1 is 1.48 bits per heavy atom. The maximum absolute atomic E-state index is 13.1. The number of halogens is 1. The summed E-state index contributed by atoms with van der Waals surface area (Å²) in [4.78, 5) is 25.8. The summed E-state index contributed by atoms with van der Waals surface area (Å²) in [6.07, 6.45) is -0.813. The number of β-amino-alcohol motifs (C(OH)–C–C–N with tert-alkyl or cyclic N) is 1. The Hall–Kier alpha value is -2.15. The molecule has 1 fully saturated rings. The molecule has 1 heterocycles. The highest BCUT2D eigenvalue weighted by Gasteiger charge is 2.40. The van der Waals surface area contributed by atoms with E-state index in [0.29, 0.717) is 5.56 Å². The number of carbonyl (C=O) groups excluding carboxylic acids is 1. The fraction of sp³-hybridized carbons (Fsp3) is 0.429. The summed E-state index contributed by atoms with van der Waals surface area (Å²) < 4.78 is 13.1. The number of urea groups is 1. The van der Waals surface area contributed by atoms with E-state index >= 15 is 0 Å². The minimum Gasteiger partial charge on any atom is -0.480 e. The van der Waals surface area contributed by atoms with Gasteiger partial charge in [0, 0.05) is 26.6 Å². The van der Waals surface area contributed by atoms with Crippen LogP contribution in [0.1, 0.15) is 12.0 Å². The van der Waals surface area contributed by atoms with Crippen LogP contribution in [0.4, 0.5) is 9.18 Å². The number of amides is 2. The Morgan fingerprint density at radius 2 is 2.19 bits per heavy atom. The smallest absolute Gasteiger partial charge is 0.326 e. The lowest BCUT2D eigenvalue weighted by Gasteiger charge is -2.27. The van der Waals surface area contributed by atoms with Gasteiger partial charge in [-0.15, -0.1) is 0 Å². The van der Waals surface area contributed by atoms with Crippen LogP contribution in [0, 0.1) is 5.82 Å². The normalized spacial score (nSPS) is 21.4. The zero-order chi connectivity index (χ0) is 15.6. The van der Waals surface area contributed by atoms with Gasteiger partial charge in [-0.3, -0.25) is 0 Å². The van der Waals surface area contributed by atoms with Gasteiger partial charge in [-0.25, -0.2) is 14.0 Å². The third kappa shape index (κ3) is 3.49. The molecule has 1 aliphatic heterocycles. The van der Waals surface area contributed by atoms with Crippen LogP contribution in [0.3, 0.4) is 0 Å². The summed E-state index contributed by atoms with van der Waals surface area (Å²) in [6.45, 7) is 0.152. The quantitative estimate of drug-likeness (QED) is 0.868. The van der Waals surface area contributed by atoms with E-state index in [4.69, 9.17) is 5.11 Å². The average Bonchev–Trinajstić information content (AvgIpc) is 2.80. The molecular formula is C14H17FN2O4. The van der Waals surface area contributed by atoms with Crippen molar-refractivity contribution in [3.05, 3.63) is 35.6 Å². The lowest BCUT2D eigenvalue weighted by Crippen LogP contribution is -2.46. The van der Waals surface area contributed by atoms with Crippen molar-refractivity contribution in [1.29, 1.82) is 0 Å². The van der Waals surface area contributed by atoms with E-state index in [9.17, 15) is 19.1 Å². The lowest BCUT2D eigenvalue weighted by atomic mass is 10.2. The van der Waals surface area contributed by atoms with Gasteiger partial charge in [-0.1, -0.05) is 12.1 Å². The molecule has 1 saturated heterocycles. The SMILES string of the molecule is CN(Cc1cccc(F)c1)C(=O)N1CC(O)C[C@H]1C(=O)O. The van der Waals surface area contributed by atoms with Gasteiger partial charge in [-0.2, -0.15) is 0 Å². The first-order valence-corrected chi connectivity index (χ1v) is 6.55. The molecule has 114 valence electrons. The Morgan fingerprint density at radius 3 is 2.81 bits per heavy atom. The summed E-state index contributed by atoms with van der Waals surface area (Å²) in [5, 5.41) is 18.6. The number of aliphatic hydroxyl groups excluding tert-OH is 1. The minimum atomic E-state index is -1.14. The molecule has 1 unspecified atom stereocenters. The first kappa shape index (κ1) is 15.2. The van der Waals surface area contributed by atoms with Gasteiger partial charge >= 0.3 is 12.0 Å². The predicted molar refractivity (Wildman–Crippen MR) is 72.0 cm³/mol. The van der Waals surface area contributed by atoms with E-state index in [2.05, 4.69) is 0 Å². The molecule has 0 aromatic heterocycles. The zero-order valence-corrected chi connectivity index (χ0v) is 11.6. The van der Waals surface area contributed by atoms with Crippen molar-refractivity contribution in [3.8, 4) is 0 Å². The van der Waals surface area contributed by atoms with Crippen LogP contribution in [0.2, 0.25) is 0 Å². The largest absolute Gasteiger partial charge is 0.480 e. The molecule has 1 aromatic rings. The summed E-state index contributed by atoms with van der Waals surface area (Å²) in [5.41, 5.74) is 0.609. The Bertz CT molecular complexity index is 552. The minimum absolute atomic E-state index is 0.0106. The van der Waals surface area contributed by atoms with Crippen LogP contribution < -0.4 is 0 Å². The van der Waals surface area contributed by atoms with Gasteiger partial charge in [-0.05, 0) is 17.7 Å². The van der Waals surface area contributed by atoms with Crippen molar-refractivity contribution < 1.29 is 24.2 Å². The highest BCUT2D eigenvalue weighted by molar-refractivity contribution is 5.83. The van der Waals surface area contributed by atoms with Crippen LogP contribution >= 0.6 is 0 Å². The molecule has 0 radical (unpaired) electrons. The number of rotatable bonds is 3. The van der Waals surface area contributed by atoms with Gasteiger partial charge < -0.3 is 20.0 Å². The van der Waals surface area contributed by atoms with Crippen molar-refractivity contribution in [1.82, 2.24) is 9.80 Å². The van der Waals surface area contributed by atoms with Crippen molar-refractivity contribution in [2.45, 2.75) is 25.1 Å². The van der Waals surface area contributed by atoms with Gasteiger partial charge in [0.15, 0.2) is 0 Å². The lowest BCUT2D eigenvalue weighted by molar-refractivity contribution is -0.141. The number of likely N-dealkylation sites (tertiary alicyclic amines) is 1. The topological polar surface area (TPSA) is 81.1 Å². The van der Waals surface area contributed by atoms with Gasteiger partial charge in [0.05, 0.1) is 6.10 Å². The van der Waals surface area contributed by atoms with Crippen molar-refractivity contribution in [3.63, 3.8) is 0 Å². The number of aliphatic carboxylic acids is 1. The van der Waals surface area contributed by atoms with E-state index in [0.717, 1.165) is 4.90 Å². The van der Waals surface area contributed by atoms with Crippen LogP contribution in [-0.4, -0.2) is 57.8 Å². The van der Waals surface area contributed by atoms with Crippen LogP contribution in [-0.2, 0) is 11.3 Å². The second-order valence-electron chi connectivity index (χ2n) is 5.16. The van der Waals surface area contributed by atoms with E-state index in [-0.39, 0.29) is 19.5 Å². The van der Waals surface area contributed by atoms with Crippen LogP contribution in [0.15, 0.2) is 24.3 Å². The Balaban J connectivity index is 2.06. The molecule has 2 amide bonds. The molecule has 7 heteroatoms. The fourth-order valence-corrected chi connectivity index (χ4v) is 2.46. The summed E-state index contributed by atoms with van der Waals surface area (Å²) in [5.74, 6) is -1.53. The standard InChI is InChI=1S/C14H17FN2O4/c1-16(7-9-3-2-4-10(15)5-9)14(21)17-8-11(18)6-12(17)13(19)20/h2-5,11-12,18H,6-8H2,1H3,(H,19,20)/t11?,12-/m0/s1. The number of aliphatic hydroxyl groups is 1. The second-order valence-corrected chi connectivity index (χ2v) is 5.16. The van der Waals surface area contributed by atoms with Crippen LogP contribution in [0.5, 0.6) is 0 Å². The van der Waals surface area contributed by atoms with Gasteiger partial charge in [0.25, 0.3) is 0 Å². The van der Waals surface area contributed by atoms with E-state index < -0.39 is 30.0 Å². The highest BCUT2D eigenvalue weighted by Crippen LogP contribution is 2.20. The molecule has 2 atom stereocenters. The fourth-order valence-electron chi connectivity index (χ4n) is 2.46. The van der Waals surface area contributed by atoms with Crippen molar-refractivity contribution in [2.24, 2.45) is 0 Å². The molecule has 0 bridgehead atoms. The Labute approximate surface area is 121 Å². The molecule has 2 rings (SSSR count). The Kier molecular flexibility index (Phi) is 4.42. The maximum Gasteiger partial charge on any atom is 0.326 e. The van der Waals surface area contributed by atoms with Gasteiger partial charge in [0.1, 0.15) is 11.9 Å². The molecule has 1 aliphatic rings. The maximum atomic E-state index is 13.1. The monoisotopic (exact) mass is 296 g/mol. The van der Waals surface area contributed by atoms with Gasteiger partial charge in [0.2, 0.25) is 0 Å². The number of hydrogen-bond donors (Lipinski definition) is 2. The number of hydrogen-bond acceptors (Lipinski definition) is 3.